The van der Waals surface area contributed by atoms with Crippen molar-refractivity contribution in [2.45, 2.75) is 58.0 Å². The van der Waals surface area contributed by atoms with Gasteiger partial charge in [0.15, 0.2) is 0 Å². The quantitative estimate of drug-likeness (QED) is 0.795. The van der Waals surface area contributed by atoms with E-state index in [1.807, 2.05) is 6.92 Å². The Morgan fingerprint density at radius 3 is 2.57 bits per heavy atom. The predicted octanol–water partition coefficient (Wildman–Crippen LogP) is 1.68. The van der Waals surface area contributed by atoms with E-state index in [9.17, 15) is 9.59 Å². The topological polar surface area (TPSA) is 97.3 Å². The lowest BCUT2D eigenvalue weighted by atomic mass is 10.0. The SMILES string of the molecule is COC(C)COC1CN(C(=O)O)CCC1NC(=O)OC(C)(C)C. The number of nitrogens with one attached hydrogen (secondary N) is 1. The highest BCUT2D eigenvalue weighted by Crippen LogP contribution is 2.16. The van der Waals surface area contributed by atoms with Crippen LogP contribution in [0.3, 0.4) is 0 Å². The molecule has 0 bridgehead atoms. The Morgan fingerprint density at radius 1 is 1.39 bits per heavy atom. The average Bonchev–Trinajstić information content (AvgIpc) is 2.43. The molecule has 3 atom stereocenters. The number of carbonyl (C=O) groups is 2. The molecule has 2 amide bonds. The molecule has 134 valence electrons. The third-order valence-corrected chi connectivity index (χ3v) is 3.48. The molecule has 1 aliphatic rings. The Kier molecular flexibility index (Phi) is 7.08. The highest BCUT2D eigenvalue weighted by atomic mass is 16.6. The average molecular weight is 332 g/mol. The third-order valence-electron chi connectivity index (χ3n) is 3.48. The number of nitrogens with zero attached hydrogens (tertiary/aromatic N) is 1. The van der Waals surface area contributed by atoms with E-state index >= 15 is 0 Å². The summed E-state index contributed by atoms with van der Waals surface area (Å²) in [5.74, 6) is 0. The van der Waals surface area contributed by atoms with Crippen molar-refractivity contribution in [3.8, 4) is 0 Å². The largest absolute Gasteiger partial charge is 0.465 e. The summed E-state index contributed by atoms with van der Waals surface area (Å²) in [6.07, 6.45) is -1.60. The normalized spacial score (nSPS) is 23.3. The Morgan fingerprint density at radius 2 is 2.04 bits per heavy atom. The van der Waals surface area contributed by atoms with Crippen LogP contribution in [0.5, 0.6) is 0 Å². The molecule has 0 aliphatic carbocycles. The molecule has 1 heterocycles. The van der Waals surface area contributed by atoms with Crippen LogP contribution in [0.2, 0.25) is 0 Å². The molecule has 8 nitrogen and oxygen atoms in total. The summed E-state index contributed by atoms with van der Waals surface area (Å²) in [7, 11) is 1.58. The molecule has 1 aliphatic heterocycles. The summed E-state index contributed by atoms with van der Waals surface area (Å²) in [4.78, 5) is 24.4. The highest BCUT2D eigenvalue weighted by Gasteiger charge is 2.34. The van der Waals surface area contributed by atoms with E-state index in [-0.39, 0.29) is 18.7 Å². The fourth-order valence-corrected chi connectivity index (χ4v) is 2.21. The van der Waals surface area contributed by atoms with Crippen LogP contribution in [-0.2, 0) is 14.2 Å². The second kappa shape index (κ2) is 8.35. The first-order valence-electron chi connectivity index (χ1n) is 7.74. The van der Waals surface area contributed by atoms with Gasteiger partial charge in [0, 0.05) is 13.7 Å². The zero-order valence-electron chi connectivity index (χ0n) is 14.5. The summed E-state index contributed by atoms with van der Waals surface area (Å²) >= 11 is 0. The van der Waals surface area contributed by atoms with Gasteiger partial charge in [0.1, 0.15) is 5.60 Å². The number of carboxylic acid groups (broad SMARTS) is 1. The standard InChI is InChI=1S/C15H28N2O6/c1-10(21-5)9-22-12-8-17(14(19)20)7-6-11(12)16-13(18)23-15(2,3)4/h10-12H,6-9H2,1-5H3,(H,16,18)(H,19,20). The van der Waals surface area contributed by atoms with Gasteiger partial charge in [-0.1, -0.05) is 0 Å². The Bertz CT molecular complexity index is 409. The van der Waals surface area contributed by atoms with Gasteiger partial charge in [0.2, 0.25) is 0 Å². The summed E-state index contributed by atoms with van der Waals surface area (Å²) in [5.41, 5.74) is -0.591. The van der Waals surface area contributed by atoms with E-state index in [4.69, 9.17) is 19.3 Å². The molecule has 0 spiro atoms. The van der Waals surface area contributed by atoms with Gasteiger partial charge in [-0.25, -0.2) is 9.59 Å². The van der Waals surface area contributed by atoms with Gasteiger partial charge in [-0.2, -0.15) is 0 Å². The second-order valence-corrected chi connectivity index (χ2v) is 6.69. The zero-order valence-corrected chi connectivity index (χ0v) is 14.5. The van der Waals surface area contributed by atoms with Crippen LogP contribution in [0.15, 0.2) is 0 Å². The molecule has 0 aromatic carbocycles. The van der Waals surface area contributed by atoms with E-state index in [1.165, 1.54) is 4.90 Å². The van der Waals surface area contributed by atoms with Crippen LogP contribution in [0, 0.1) is 0 Å². The number of ether oxygens (including phenoxy) is 3. The smallest absolute Gasteiger partial charge is 0.407 e. The molecular formula is C15H28N2O6. The minimum Gasteiger partial charge on any atom is -0.465 e. The van der Waals surface area contributed by atoms with Crippen LogP contribution in [0.1, 0.15) is 34.1 Å². The third kappa shape index (κ3) is 7.04. The van der Waals surface area contributed by atoms with E-state index in [1.54, 1.807) is 27.9 Å². The van der Waals surface area contributed by atoms with Crippen molar-refractivity contribution in [2.24, 2.45) is 0 Å². The number of carbonyl (C=O) groups excluding carboxylic acids is 1. The minimum atomic E-state index is -0.992. The number of hydrogen-bond donors (Lipinski definition) is 2. The van der Waals surface area contributed by atoms with E-state index < -0.39 is 23.9 Å². The number of hydrogen-bond acceptors (Lipinski definition) is 5. The molecule has 23 heavy (non-hydrogen) atoms. The molecule has 0 saturated carbocycles. The minimum absolute atomic E-state index is 0.114. The van der Waals surface area contributed by atoms with E-state index in [0.29, 0.717) is 19.6 Å². The van der Waals surface area contributed by atoms with Crippen LogP contribution < -0.4 is 5.32 Å². The van der Waals surface area contributed by atoms with Gasteiger partial charge < -0.3 is 29.5 Å². The molecule has 1 rings (SSSR count). The lowest BCUT2D eigenvalue weighted by Crippen LogP contribution is -2.57. The Balaban J connectivity index is 2.65. The maximum absolute atomic E-state index is 11.9. The van der Waals surface area contributed by atoms with Gasteiger partial charge in [0.05, 0.1) is 31.4 Å². The first-order valence-corrected chi connectivity index (χ1v) is 7.74. The van der Waals surface area contributed by atoms with Gasteiger partial charge >= 0.3 is 12.2 Å². The van der Waals surface area contributed by atoms with Gasteiger partial charge in [-0.15, -0.1) is 0 Å². The second-order valence-electron chi connectivity index (χ2n) is 6.69. The number of alkyl carbamates (subject to hydrolysis) is 1. The Labute approximate surface area is 137 Å². The molecule has 3 unspecified atom stereocenters. The summed E-state index contributed by atoms with van der Waals surface area (Å²) in [6.45, 7) is 8.08. The predicted molar refractivity (Wildman–Crippen MR) is 83.6 cm³/mol. The lowest BCUT2D eigenvalue weighted by molar-refractivity contribution is -0.0573. The van der Waals surface area contributed by atoms with Crippen molar-refractivity contribution in [2.75, 3.05) is 26.8 Å². The van der Waals surface area contributed by atoms with Crippen molar-refractivity contribution in [3.63, 3.8) is 0 Å². The summed E-state index contributed by atoms with van der Waals surface area (Å²) < 4.78 is 16.1. The number of rotatable bonds is 5. The molecule has 0 aromatic heterocycles. The Hall–Kier alpha value is -1.54. The number of likely N-dealkylation sites (tertiary alicyclic amines) is 1. The number of amides is 2. The van der Waals surface area contributed by atoms with Crippen molar-refractivity contribution in [1.29, 1.82) is 0 Å². The van der Waals surface area contributed by atoms with Crippen LogP contribution in [0.25, 0.3) is 0 Å². The highest BCUT2D eigenvalue weighted by molar-refractivity contribution is 5.68. The van der Waals surface area contributed by atoms with Crippen LogP contribution in [-0.4, -0.2) is 72.8 Å². The van der Waals surface area contributed by atoms with Gasteiger partial charge in [-0.05, 0) is 34.1 Å². The lowest BCUT2D eigenvalue weighted by Gasteiger charge is -2.37. The fraction of sp³-hybridized carbons (Fsp3) is 0.867. The molecule has 1 fully saturated rings. The molecule has 8 heteroatoms. The zero-order chi connectivity index (χ0) is 17.6. The molecule has 2 N–H and O–H groups in total. The molecule has 0 radical (unpaired) electrons. The van der Waals surface area contributed by atoms with E-state index in [2.05, 4.69) is 5.32 Å². The van der Waals surface area contributed by atoms with Gasteiger partial charge in [0.25, 0.3) is 0 Å². The maximum Gasteiger partial charge on any atom is 0.407 e. The fourth-order valence-electron chi connectivity index (χ4n) is 2.21. The maximum atomic E-state index is 11.9. The van der Waals surface area contributed by atoms with E-state index in [0.717, 1.165) is 0 Å². The van der Waals surface area contributed by atoms with Crippen molar-refractivity contribution >= 4 is 12.2 Å². The first-order chi connectivity index (χ1) is 10.6. The monoisotopic (exact) mass is 332 g/mol. The van der Waals surface area contributed by atoms with Crippen molar-refractivity contribution in [1.82, 2.24) is 10.2 Å². The molecule has 0 aromatic rings. The van der Waals surface area contributed by atoms with Crippen molar-refractivity contribution in [3.05, 3.63) is 0 Å². The number of piperidine rings is 1. The number of methoxy groups -OCH3 is 1. The van der Waals surface area contributed by atoms with Gasteiger partial charge in [-0.3, -0.25) is 0 Å². The van der Waals surface area contributed by atoms with Crippen molar-refractivity contribution < 1.29 is 28.9 Å². The summed E-state index contributed by atoms with van der Waals surface area (Å²) in [5, 5.41) is 11.9. The van der Waals surface area contributed by atoms with Crippen LogP contribution in [0.4, 0.5) is 9.59 Å². The molecular weight excluding hydrogens is 304 g/mol. The summed E-state index contributed by atoms with van der Waals surface area (Å²) in [6, 6.07) is -0.301. The first kappa shape index (κ1) is 19.5. The van der Waals surface area contributed by atoms with Crippen LogP contribution >= 0.6 is 0 Å². The molecule has 1 saturated heterocycles.